The van der Waals surface area contributed by atoms with Crippen LogP contribution in [0.15, 0.2) is 28.5 Å². The minimum absolute atomic E-state index is 0.0549. The van der Waals surface area contributed by atoms with E-state index >= 15 is 0 Å². The zero-order chi connectivity index (χ0) is 15.6. The topological polar surface area (TPSA) is 72.2 Å². The normalized spacial score (nSPS) is 11.8. The number of benzene rings is 1. The summed E-state index contributed by atoms with van der Waals surface area (Å²) in [5.74, 6) is -1.29. The van der Waals surface area contributed by atoms with Gasteiger partial charge in [-0.2, -0.15) is 0 Å². The van der Waals surface area contributed by atoms with Crippen molar-refractivity contribution in [2.24, 2.45) is 5.73 Å². The molecule has 0 aliphatic heterocycles. The van der Waals surface area contributed by atoms with Crippen LogP contribution in [0, 0.1) is 18.6 Å². The van der Waals surface area contributed by atoms with Crippen LogP contribution in [0.3, 0.4) is 0 Å². The largest absolute Gasteiger partial charge is 0.326 e. The number of nitrogens with two attached hydrogens (primary N) is 1. The van der Waals surface area contributed by atoms with Gasteiger partial charge in [0.25, 0.3) is 0 Å². The highest BCUT2D eigenvalue weighted by Gasteiger charge is 2.22. The highest BCUT2D eigenvalue weighted by Crippen LogP contribution is 2.26. The van der Waals surface area contributed by atoms with E-state index in [9.17, 15) is 17.2 Å². The van der Waals surface area contributed by atoms with Gasteiger partial charge in [-0.05, 0) is 36.1 Å². The lowest BCUT2D eigenvalue weighted by Crippen LogP contribution is -2.25. The van der Waals surface area contributed by atoms with Crippen molar-refractivity contribution >= 4 is 21.4 Å². The summed E-state index contributed by atoms with van der Waals surface area (Å²) < 4.78 is 53.4. The summed E-state index contributed by atoms with van der Waals surface area (Å²) in [5, 5.41) is 1.69. The molecule has 0 unspecified atom stereocenters. The second-order valence-corrected chi connectivity index (χ2v) is 7.10. The Hall–Kier alpha value is -1.35. The number of hydrogen-bond acceptors (Lipinski definition) is 4. The summed E-state index contributed by atoms with van der Waals surface area (Å²) in [6, 6.07) is 2.89. The Kier molecular flexibility index (Phi) is 4.72. The standard InChI is InChI=1S/C13H14F2N2O2S2/c1-8-7-20-12(5-16)13(8)21(18,19)17-6-9-4-10(14)2-3-11(9)15/h2-4,7,17H,5-6,16H2,1H3. The van der Waals surface area contributed by atoms with Gasteiger partial charge in [0, 0.05) is 23.5 Å². The van der Waals surface area contributed by atoms with Crippen molar-refractivity contribution in [2.75, 3.05) is 0 Å². The number of halogens is 2. The molecule has 3 N–H and O–H groups in total. The van der Waals surface area contributed by atoms with Crippen LogP contribution >= 0.6 is 11.3 Å². The van der Waals surface area contributed by atoms with E-state index in [4.69, 9.17) is 5.73 Å². The first-order valence-electron chi connectivity index (χ1n) is 6.05. The average molecular weight is 332 g/mol. The SMILES string of the molecule is Cc1csc(CN)c1S(=O)(=O)NCc1cc(F)ccc1F. The lowest BCUT2D eigenvalue weighted by molar-refractivity contribution is 0.566. The van der Waals surface area contributed by atoms with Crippen molar-refractivity contribution in [1.29, 1.82) is 0 Å². The van der Waals surface area contributed by atoms with Gasteiger partial charge in [0.1, 0.15) is 16.5 Å². The molecule has 0 spiro atoms. The van der Waals surface area contributed by atoms with Gasteiger partial charge in [-0.3, -0.25) is 0 Å². The van der Waals surface area contributed by atoms with E-state index in [1.54, 1.807) is 12.3 Å². The molecule has 114 valence electrons. The molecule has 0 aliphatic rings. The van der Waals surface area contributed by atoms with E-state index in [0.717, 1.165) is 18.2 Å². The van der Waals surface area contributed by atoms with Gasteiger partial charge >= 0.3 is 0 Å². The maximum Gasteiger partial charge on any atom is 0.242 e. The molecule has 0 radical (unpaired) electrons. The third kappa shape index (κ3) is 3.46. The molecule has 0 atom stereocenters. The van der Waals surface area contributed by atoms with Gasteiger partial charge in [-0.15, -0.1) is 11.3 Å². The molecule has 1 aromatic heterocycles. The molecule has 0 aliphatic carbocycles. The Balaban J connectivity index is 2.26. The highest BCUT2D eigenvalue weighted by atomic mass is 32.2. The van der Waals surface area contributed by atoms with Gasteiger partial charge in [0.05, 0.1) is 0 Å². The van der Waals surface area contributed by atoms with Crippen LogP contribution in [0.2, 0.25) is 0 Å². The molecule has 8 heteroatoms. The molecule has 1 heterocycles. The Labute approximate surface area is 125 Å². The molecule has 0 amide bonds. The van der Waals surface area contributed by atoms with Crippen molar-refractivity contribution in [3.63, 3.8) is 0 Å². The minimum Gasteiger partial charge on any atom is -0.326 e. The first kappa shape index (κ1) is 16.0. The van der Waals surface area contributed by atoms with E-state index in [1.807, 2.05) is 0 Å². The molecule has 1 aromatic carbocycles. The maximum absolute atomic E-state index is 13.5. The molecule has 21 heavy (non-hydrogen) atoms. The molecular formula is C13H14F2N2O2S2. The van der Waals surface area contributed by atoms with Crippen LogP contribution in [0.5, 0.6) is 0 Å². The van der Waals surface area contributed by atoms with Crippen LogP contribution in [0.25, 0.3) is 0 Å². The average Bonchev–Trinajstić information content (AvgIpc) is 2.82. The van der Waals surface area contributed by atoms with Crippen LogP contribution in [0.1, 0.15) is 16.0 Å². The van der Waals surface area contributed by atoms with E-state index in [0.29, 0.717) is 10.4 Å². The van der Waals surface area contributed by atoms with Gasteiger partial charge < -0.3 is 5.73 Å². The van der Waals surface area contributed by atoms with E-state index in [1.165, 1.54) is 11.3 Å². The predicted octanol–water partition coefficient (Wildman–Crippen LogP) is 2.27. The highest BCUT2D eigenvalue weighted by molar-refractivity contribution is 7.89. The number of hydrogen-bond donors (Lipinski definition) is 2. The maximum atomic E-state index is 13.5. The minimum atomic E-state index is -3.83. The zero-order valence-electron chi connectivity index (χ0n) is 11.2. The van der Waals surface area contributed by atoms with Crippen molar-refractivity contribution < 1.29 is 17.2 Å². The van der Waals surface area contributed by atoms with E-state index in [2.05, 4.69) is 4.72 Å². The summed E-state index contributed by atoms with van der Waals surface area (Å²) in [6.07, 6.45) is 0. The fourth-order valence-electron chi connectivity index (χ4n) is 1.91. The predicted molar refractivity (Wildman–Crippen MR) is 77.3 cm³/mol. The molecule has 4 nitrogen and oxygen atoms in total. The van der Waals surface area contributed by atoms with E-state index in [-0.39, 0.29) is 23.5 Å². The molecule has 2 rings (SSSR count). The first-order valence-corrected chi connectivity index (χ1v) is 8.42. The van der Waals surface area contributed by atoms with Crippen molar-refractivity contribution in [3.05, 3.63) is 51.2 Å². The Bertz CT molecular complexity index is 758. The summed E-state index contributed by atoms with van der Waals surface area (Å²) in [4.78, 5) is 0.645. The quantitative estimate of drug-likeness (QED) is 0.882. The van der Waals surface area contributed by atoms with Gasteiger partial charge in [-0.1, -0.05) is 0 Å². The smallest absolute Gasteiger partial charge is 0.242 e. The Morgan fingerprint density at radius 2 is 2.05 bits per heavy atom. The monoisotopic (exact) mass is 332 g/mol. The fraction of sp³-hybridized carbons (Fsp3) is 0.231. The number of aryl methyl sites for hydroxylation is 1. The van der Waals surface area contributed by atoms with Crippen molar-refractivity contribution in [1.82, 2.24) is 4.72 Å². The molecule has 0 saturated heterocycles. The van der Waals surface area contributed by atoms with Crippen LogP contribution in [-0.2, 0) is 23.1 Å². The van der Waals surface area contributed by atoms with Crippen LogP contribution < -0.4 is 10.5 Å². The second-order valence-electron chi connectivity index (χ2n) is 4.44. The van der Waals surface area contributed by atoms with Crippen LogP contribution in [0.4, 0.5) is 8.78 Å². The first-order chi connectivity index (χ1) is 9.85. The zero-order valence-corrected chi connectivity index (χ0v) is 12.8. The number of nitrogens with one attached hydrogen (secondary N) is 1. The van der Waals surface area contributed by atoms with Crippen LogP contribution in [-0.4, -0.2) is 8.42 Å². The van der Waals surface area contributed by atoms with Gasteiger partial charge in [0.15, 0.2) is 0 Å². The number of rotatable bonds is 5. The third-order valence-corrected chi connectivity index (χ3v) is 5.79. The number of sulfonamides is 1. The van der Waals surface area contributed by atoms with Gasteiger partial charge in [-0.25, -0.2) is 21.9 Å². The fourth-order valence-corrected chi connectivity index (χ4v) is 4.62. The Morgan fingerprint density at radius 3 is 2.71 bits per heavy atom. The molecule has 0 saturated carbocycles. The van der Waals surface area contributed by atoms with Gasteiger partial charge in [0.2, 0.25) is 10.0 Å². The summed E-state index contributed by atoms with van der Waals surface area (Å²) in [5.41, 5.74) is 6.04. The second kappa shape index (κ2) is 6.18. The lowest BCUT2D eigenvalue weighted by atomic mass is 10.2. The molecule has 2 aromatic rings. The summed E-state index contributed by atoms with van der Waals surface area (Å²) >= 11 is 1.25. The summed E-state index contributed by atoms with van der Waals surface area (Å²) in [6.45, 7) is 1.43. The van der Waals surface area contributed by atoms with E-state index < -0.39 is 21.7 Å². The molecular weight excluding hydrogens is 318 g/mol. The number of thiophene rings is 1. The Morgan fingerprint density at radius 1 is 1.33 bits per heavy atom. The summed E-state index contributed by atoms with van der Waals surface area (Å²) in [7, 11) is -3.83. The van der Waals surface area contributed by atoms with Crippen molar-refractivity contribution in [2.45, 2.75) is 24.9 Å². The molecule has 0 fully saturated rings. The molecule has 0 bridgehead atoms. The van der Waals surface area contributed by atoms with Crippen molar-refractivity contribution in [3.8, 4) is 0 Å². The lowest BCUT2D eigenvalue weighted by Gasteiger charge is -2.09. The third-order valence-electron chi connectivity index (χ3n) is 2.90.